The Labute approximate surface area is 104 Å². The molecule has 1 heterocycles. The molecule has 3 N–H and O–H groups in total. The monoisotopic (exact) mass is 257 g/mol. The average Bonchev–Trinajstić information content (AvgIpc) is 2.31. The maximum Gasteiger partial charge on any atom is 0.271 e. The van der Waals surface area contributed by atoms with Gasteiger partial charge in [-0.15, -0.1) is 0 Å². The van der Waals surface area contributed by atoms with E-state index in [4.69, 9.17) is 11.6 Å². The van der Waals surface area contributed by atoms with Gasteiger partial charge in [0.05, 0.1) is 12.4 Å². The lowest BCUT2D eigenvalue weighted by Gasteiger charge is -2.26. The molecule has 0 saturated heterocycles. The Morgan fingerprint density at radius 2 is 2.41 bits per heavy atom. The second-order valence-electron chi connectivity index (χ2n) is 4.46. The maximum absolute atomic E-state index is 11.2. The Kier molecular flexibility index (Phi) is 4.02. The second-order valence-corrected chi connectivity index (χ2v) is 4.84. The van der Waals surface area contributed by atoms with Crippen LogP contribution in [-0.4, -0.2) is 27.7 Å². The lowest BCUT2D eigenvalue weighted by Crippen LogP contribution is -2.25. The van der Waals surface area contributed by atoms with E-state index < -0.39 is 0 Å². The van der Waals surface area contributed by atoms with Crippen molar-refractivity contribution in [1.29, 1.82) is 0 Å². The van der Waals surface area contributed by atoms with Crippen LogP contribution in [0.3, 0.4) is 0 Å². The van der Waals surface area contributed by atoms with Gasteiger partial charge in [-0.2, -0.15) is 0 Å². The van der Waals surface area contributed by atoms with Gasteiger partial charge in [-0.25, -0.2) is 4.98 Å². The van der Waals surface area contributed by atoms with Crippen molar-refractivity contribution in [2.45, 2.75) is 31.8 Å². The number of hydrogen-bond acceptors (Lipinski definition) is 4. The first kappa shape index (κ1) is 12.4. The second kappa shape index (κ2) is 5.51. The van der Waals surface area contributed by atoms with Gasteiger partial charge in [0.15, 0.2) is 5.82 Å². The quantitative estimate of drug-likeness (QED) is 0.765. The standard InChI is InChI=1S/C11H16ClN3O2/c12-9-10(14-6-15-11(9)17)13-5-7-2-1-3-8(16)4-7/h6-8,16H,1-5H2,(H2,13,14,15,17). The minimum Gasteiger partial charge on any atom is -0.393 e. The number of anilines is 1. The van der Waals surface area contributed by atoms with Crippen molar-refractivity contribution in [1.82, 2.24) is 9.97 Å². The summed E-state index contributed by atoms with van der Waals surface area (Å²) >= 11 is 5.82. The Balaban J connectivity index is 1.93. The van der Waals surface area contributed by atoms with Crippen LogP contribution < -0.4 is 10.9 Å². The van der Waals surface area contributed by atoms with Crippen LogP contribution in [-0.2, 0) is 0 Å². The van der Waals surface area contributed by atoms with Gasteiger partial charge in [0, 0.05) is 6.54 Å². The van der Waals surface area contributed by atoms with E-state index in [1.807, 2.05) is 0 Å². The lowest BCUT2D eigenvalue weighted by atomic mass is 9.87. The van der Waals surface area contributed by atoms with Crippen LogP contribution in [0.5, 0.6) is 0 Å². The first-order valence-electron chi connectivity index (χ1n) is 5.82. The number of aliphatic hydroxyl groups excluding tert-OH is 1. The van der Waals surface area contributed by atoms with Gasteiger partial charge in [-0.1, -0.05) is 18.0 Å². The van der Waals surface area contributed by atoms with E-state index in [2.05, 4.69) is 15.3 Å². The van der Waals surface area contributed by atoms with Crippen molar-refractivity contribution in [3.8, 4) is 0 Å². The van der Waals surface area contributed by atoms with Crippen molar-refractivity contribution in [2.24, 2.45) is 5.92 Å². The van der Waals surface area contributed by atoms with E-state index in [9.17, 15) is 9.90 Å². The molecule has 0 spiro atoms. The zero-order chi connectivity index (χ0) is 12.3. The highest BCUT2D eigenvalue weighted by molar-refractivity contribution is 6.32. The highest BCUT2D eigenvalue weighted by Crippen LogP contribution is 2.24. The molecule has 2 unspecified atom stereocenters. The smallest absolute Gasteiger partial charge is 0.271 e. The fourth-order valence-electron chi connectivity index (χ4n) is 2.20. The molecule has 2 atom stereocenters. The van der Waals surface area contributed by atoms with Gasteiger partial charge in [0.25, 0.3) is 5.56 Å². The Morgan fingerprint density at radius 1 is 1.59 bits per heavy atom. The summed E-state index contributed by atoms with van der Waals surface area (Å²) in [7, 11) is 0. The van der Waals surface area contributed by atoms with Gasteiger partial charge in [0.2, 0.25) is 0 Å². The molecule has 94 valence electrons. The lowest BCUT2D eigenvalue weighted by molar-refractivity contribution is 0.104. The van der Waals surface area contributed by atoms with Gasteiger partial charge in [0.1, 0.15) is 5.02 Å². The molecular weight excluding hydrogens is 242 g/mol. The maximum atomic E-state index is 11.2. The minimum absolute atomic E-state index is 0.0869. The molecule has 6 heteroatoms. The fraction of sp³-hybridized carbons (Fsp3) is 0.636. The largest absolute Gasteiger partial charge is 0.393 e. The number of aliphatic hydroxyl groups is 1. The molecular formula is C11H16ClN3O2. The third kappa shape index (κ3) is 3.20. The number of hydrogen-bond donors (Lipinski definition) is 3. The number of aromatic nitrogens is 2. The summed E-state index contributed by atoms with van der Waals surface area (Å²) in [6, 6.07) is 0. The van der Waals surface area contributed by atoms with E-state index in [1.54, 1.807) is 0 Å². The van der Waals surface area contributed by atoms with Crippen molar-refractivity contribution in [3.63, 3.8) is 0 Å². The predicted octanol–water partition coefficient (Wildman–Crippen LogP) is 1.39. The van der Waals surface area contributed by atoms with Crippen LogP contribution in [0, 0.1) is 5.92 Å². The number of nitrogens with one attached hydrogen (secondary N) is 2. The minimum atomic E-state index is -0.340. The fourth-order valence-corrected chi connectivity index (χ4v) is 2.37. The summed E-state index contributed by atoms with van der Waals surface area (Å²) < 4.78 is 0. The summed E-state index contributed by atoms with van der Waals surface area (Å²) in [5.41, 5.74) is -0.340. The third-order valence-electron chi connectivity index (χ3n) is 3.11. The van der Waals surface area contributed by atoms with Crippen molar-refractivity contribution in [3.05, 3.63) is 21.7 Å². The number of nitrogens with zero attached hydrogens (tertiary/aromatic N) is 1. The highest BCUT2D eigenvalue weighted by Gasteiger charge is 2.20. The van der Waals surface area contributed by atoms with Gasteiger partial charge < -0.3 is 15.4 Å². The van der Waals surface area contributed by atoms with Gasteiger partial charge >= 0.3 is 0 Å². The van der Waals surface area contributed by atoms with Gasteiger partial charge in [-0.3, -0.25) is 4.79 Å². The Bertz CT molecular complexity index is 435. The van der Waals surface area contributed by atoms with Crippen molar-refractivity contribution >= 4 is 17.4 Å². The summed E-state index contributed by atoms with van der Waals surface area (Å²) in [5, 5.41) is 12.7. The van der Waals surface area contributed by atoms with Crippen LogP contribution in [0.15, 0.2) is 11.1 Å². The van der Waals surface area contributed by atoms with E-state index in [0.29, 0.717) is 18.3 Å². The summed E-state index contributed by atoms with van der Waals surface area (Å²) in [6.07, 6.45) is 4.95. The Hall–Kier alpha value is -1.07. The van der Waals surface area contributed by atoms with E-state index in [0.717, 1.165) is 25.7 Å². The molecule has 1 aromatic rings. The highest BCUT2D eigenvalue weighted by atomic mass is 35.5. The molecule has 0 radical (unpaired) electrons. The first-order valence-corrected chi connectivity index (χ1v) is 6.19. The average molecular weight is 258 g/mol. The molecule has 2 rings (SSSR count). The number of H-pyrrole nitrogens is 1. The molecule has 1 aliphatic rings. The summed E-state index contributed by atoms with van der Waals surface area (Å²) in [4.78, 5) is 17.6. The van der Waals surface area contributed by atoms with Crippen LogP contribution in [0.1, 0.15) is 25.7 Å². The molecule has 1 aromatic heterocycles. The molecule has 0 aliphatic heterocycles. The number of halogens is 1. The third-order valence-corrected chi connectivity index (χ3v) is 3.46. The summed E-state index contributed by atoms with van der Waals surface area (Å²) in [6.45, 7) is 0.688. The molecule has 1 fully saturated rings. The Morgan fingerprint density at radius 3 is 3.18 bits per heavy atom. The van der Waals surface area contributed by atoms with Crippen LogP contribution in [0.25, 0.3) is 0 Å². The van der Waals surface area contributed by atoms with E-state index in [1.165, 1.54) is 6.33 Å². The van der Waals surface area contributed by atoms with Crippen LogP contribution >= 0.6 is 11.6 Å². The predicted molar refractivity (Wildman–Crippen MR) is 66.3 cm³/mol. The van der Waals surface area contributed by atoms with E-state index in [-0.39, 0.29) is 16.7 Å². The molecule has 0 bridgehead atoms. The zero-order valence-corrected chi connectivity index (χ0v) is 10.2. The molecule has 5 nitrogen and oxygen atoms in total. The molecule has 1 saturated carbocycles. The van der Waals surface area contributed by atoms with Crippen LogP contribution in [0.4, 0.5) is 5.82 Å². The molecule has 17 heavy (non-hydrogen) atoms. The summed E-state index contributed by atoms with van der Waals surface area (Å²) in [5.74, 6) is 0.825. The normalized spacial score (nSPS) is 24.6. The van der Waals surface area contributed by atoms with E-state index >= 15 is 0 Å². The topological polar surface area (TPSA) is 78.0 Å². The number of aromatic amines is 1. The van der Waals surface area contributed by atoms with Crippen LogP contribution in [0.2, 0.25) is 5.02 Å². The zero-order valence-electron chi connectivity index (χ0n) is 9.45. The first-order chi connectivity index (χ1) is 8.16. The molecule has 0 amide bonds. The number of rotatable bonds is 3. The van der Waals surface area contributed by atoms with Gasteiger partial charge in [-0.05, 0) is 25.2 Å². The van der Waals surface area contributed by atoms with Crippen molar-refractivity contribution in [2.75, 3.05) is 11.9 Å². The molecule has 1 aliphatic carbocycles. The van der Waals surface area contributed by atoms with Crippen molar-refractivity contribution < 1.29 is 5.11 Å². The SMILES string of the molecule is O=c1[nH]cnc(NCC2CCCC(O)C2)c1Cl. The molecule has 0 aromatic carbocycles.